The van der Waals surface area contributed by atoms with E-state index in [4.69, 9.17) is 17.3 Å². The van der Waals surface area contributed by atoms with Crippen LogP contribution >= 0.6 is 23.4 Å². The number of aryl methyl sites for hydroxylation is 1. The molecule has 112 valence electrons. The Hall–Kier alpha value is -1.91. The van der Waals surface area contributed by atoms with E-state index in [1.54, 1.807) is 11.8 Å². The van der Waals surface area contributed by atoms with E-state index < -0.39 is 0 Å². The highest BCUT2D eigenvalue weighted by Gasteiger charge is 2.11. The highest BCUT2D eigenvalue weighted by molar-refractivity contribution is 7.98. The fourth-order valence-corrected chi connectivity index (χ4v) is 2.85. The molecular formula is C17H16ClN3S. The summed E-state index contributed by atoms with van der Waals surface area (Å²) in [6.45, 7) is 1.98. The van der Waals surface area contributed by atoms with Crippen molar-refractivity contribution in [3.8, 4) is 16.9 Å². The number of hydrogen-bond donors (Lipinski definition) is 1. The molecule has 0 unspecified atom stereocenters. The van der Waals surface area contributed by atoms with Gasteiger partial charge in [-0.3, -0.25) is 0 Å². The third kappa shape index (κ3) is 2.85. The zero-order chi connectivity index (χ0) is 15.7. The monoisotopic (exact) mass is 329 g/mol. The van der Waals surface area contributed by atoms with Crippen molar-refractivity contribution in [1.82, 2.24) is 9.78 Å². The maximum absolute atomic E-state index is 6.11. The zero-order valence-corrected chi connectivity index (χ0v) is 13.9. The lowest BCUT2D eigenvalue weighted by Gasteiger charge is -2.09. The van der Waals surface area contributed by atoms with Crippen molar-refractivity contribution in [2.75, 3.05) is 12.0 Å². The van der Waals surface area contributed by atoms with Crippen LogP contribution in [0.25, 0.3) is 16.9 Å². The summed E-state index contributed by atoms with van der Waals surface area (Å²) in [7, 11) is 0. The summed E-state index contributed by atoms with van der Waals surface area (Å²) in [5.74, 6) is 0.497. The van der Waals surface area contributed by atoms with E-state index in [1.807, 2.05) is 35.9 Å². The van der Waals surface area contributed by atoms with Crippen LogP contribution in [0, 0.1) is 6.92 Å². The molecule has 0 fully saturated rings. The standard InChI is InChI=1S/C17H16ClN3S/c1-11-9-13(5-8-15(11)18)21-16(10-17(19)20-21)12-3-6-14(22-2)7-4-12/h3-10H,1-2H3,(H2,19,20). The molecule has 0 radical (unpaired) electrons. The molecule has 1 heterocycles. The second-order valence-corrected chi connectivity index (χ2v) is 6.32. The summed E-state index contributed by atoms with van der Waals surface area (Å²) in [6.07, 6.45) is 2.06. The Kier molecular flexibility index (Phi) is 4.14. The summed E-state index contributed by atoms with van der Waals surface area (Å²) in [5.41, 5.74) is 9.92. The molecule has 3 nitrogen and oxygen atoms in total. The Morgan fingerprint density at radius 1 is 1.09 bits per heavy atom. The van der Waals surface area contributed by atoms with Crippen molar-refractivity contribution < 1.29 is 0 Å². The molecule has 0 atom stereocenters. The van der Waals surface area contributed by atoms with Crippen molar-refractivity contribution in [2.24, 2.45) is 0 Å². The van der Waals surface area contributed by atoms with Gasteiger partial charge in [-0.15, -0.1) is 11.8 Å². The largest absolute Gasteiger partial charge is 0.382 e. The molecule has 1 aromatic heterocycles. The molecule has 0 saturated carbocycles. The quantitative estimate of drug-likeness (QED) is 0.701. The van der Waals surface area contributed by atoms with E-state index in [9.17, 15) is 0 Å². The maximum atomic E-state index is 6.11. The molecule has 22 heavy (non-hydrogen) atoms. The maximum Gasteiger partial charge on any atom is 0.146 e. The first-order valence-corrected chi connectivity index (χ1v) is 8.45. The molecular weight excluding hydrogens is 314 g/mol. The first-order valence-electron chi connectivity index (χ1n) is 6.85. The molecule has 2 N–H and O–H groups in total. The van der Waals surface area contributed by atoms with Gasteiger partial charge in [-0.1, -0.05) is 23.7 Å². The van der Waals surface area contributed by atoms with E-state index in [0.29, 0.717) is 5.82 Å². The molecule has 0 aliphatic heterocycles. The highest BCUT2D eigenvalue weighted by Crippen LogP contribution is 2.28. The smallest absolute Gasteiger partial charge is 0.146 e. The van der Waals surface area contributed by atoms with Crippen LogP contribution in [0.1, 0.15) is 5.56 Å². The van der Waals surface area contributed by atoms with Crippen LogP contribution in [0.4, 0.5) is 5.82 Å². The molecule has 3 aromatic rings. The van der Waals surface area contributed by atoms with Crippen molar-refractivity contribution in [2.45, 2.75) is 11.8 Å². The third-order valence-corrected chi connectivity index (χ3v) is 4.67. The van der Waals surface area contributed by atoms with Gasteiger partial charge >= 0.3 is 0 Å². The topological polar surface area (TPSA) is 43.8 Å². The molecule has 0 aliphatic rings. The van der Waals surface area contributed by atoms with Crippen LogP contribution < -0.4 is 5.73 Å². The lowest BCUT2D eigenvalue weighted by molar-refractivity contribution is 0.892. The molecule has 0 amide bonds. The zero-order valence-electron chi connectivity index (χ0n) is 12.4. The number of benzene rings is 2. The third-order valence-electron chi connectivity index (χ3n) is 3.50. The molecule has 3 rings (SSSR count). The molecule has 2 aromatic carbocycles. The normalized spacial score (nSPS) is 10.9. The average molecular weight is 330 g/mol. The molecule has 0 saturated heterocycles. The van der Waals surface area contributed by atoms with E-state index in [0.717, 1.165) is 27.5 Å². The second kappa shape index (κ2) is 6.07. The van der Waals surface area contributed by atoms with Gasteiger partial charge in [0.1, 0.15) is 5.82 Å². The lowest BCUT2D eigenvalue weighted by atomic mass is 10.1. The van der Waals surface area contributed by atoms with E-state index >= 15 is 0 Å². The van der Waals surface area contributed by atoms with Crippen molar-refractivity contribution in [3.05, 3.63) is 59.1 Å². The van der Waals surface area contributed by atoms with Crippen LogP contribution in [0.15, 0.2) is 53.4 Å². The Labute approximate surface area is 139 Å². The summed E-state index contributed by atoms with van der Waals surface area (Å²) in [4.78, 5) is 1.23. The first-order chi connectivity index (χ1) is 10.6. The van der Waals surface area contributed by atoms with Gasteiger partial charge in [0, 0.05) is 21.5 Å². The number of halogens is 1. The molecule has 0 bridgehead atoms. The molecule has 0 aliphatic carbocycles. The minimum Gasteiger partial charge on any atom is -0.382 e. The Morgan fingerprint density at radius 3 is 2.45 bits per heavy atom. The van der Waals surface area contributed by atoms with E-state index in [-0.39, 0.29) is 0 Å². The van der Waals surface area contributed by atoms with Gasteiger partial charge < -0.3 is 5.73 Å². The van der Waals surface area contributed by atoms with Gasteiger partial charge in [-0.05, 0) is 49.1 Å². The van der Waals surface area contributed by atoms with E-state index in [1.165, 1.54) is 4.90 Å². The second-order valence-electron chi connectivity index (χ2n) is 5.03. The van der Waals surface area contributed by atoms with Gasteiger partial charge in [-0.25, -0.2) is 4.68 Å². The average Bonchev–Trinajstić information content (AvgIpc) is 2.92. The number of rotatable bonds is 3. The van der Waals surface area contributed by atoms with Gasteiger partial charge in [0.25, 0.3) is 0 Å². The minimum atomic E-state index is 0.497. The molecule has 5 heteroatoms. The van der Waals surface area contributed by atoms with Crippen LogP contribution in [0.2, 0.25) is 5.02 Å². The molecule has 0 spiro atoms. The van der Waals surface area contributed by atoms with Crippen molar-refractivity contribution >= 4 is 29.2 Å². The predicted octanol–water partition coefficient (Wildman–Crippen LogP) is 4.81. The number of anilines is 1. The number of nitrogen functional groups attached to an aromatic ring is 1. The fourth-order valence-electron chi connectivity index (χ4n) is 2.32. The number of nitrogens with zero attached hydrogens (tertiary/aromatic N) is 2. The number of hydrogen-bond acceptors (Lipinski definition) is 3. The van der Waals surface area contributed by atoms with Crippen LogP contribution in [-0.4, -0.2) is 16.0 Å². The summed E-state index contributed by atoms with van der Waals surface area (Å²) >= 11 is 7.83. The number of thioether (sulfide) groups is 1. The Morgan fingerprint density at radius 2 is 1.82 bits per heavy atom. The number of aromatic nitrogens is 2. The van der Waals surface area contributed by atoms with Gasteiger partial charge in [0.15, 0.2) is 0 Å². The fraction of sp³-hybridized carbons (Fsp3) is 0.118. The first kappa shape index (κ1) is 15.0. The SMILES string of the molecule is CSc1ccc(-c2cc(N)nn2-c2ccc(Cl)c(C)c2)cc1. The number of nitrogens with two attached hydrogens (primary N) is 1. The highest BCUT2D eigenvalue weighted by atomic mass is 35.5. The summed E-state index contributed by atoms with van der Waals surface area (Å²) < 4.78 is 1.85. The van der Waals surface area contributed by atoms with Gasteiger partial charge in [-0.2, -0.15) is 5.10 Å². The van der Waals surface area contributed by atoms with Gasteiger partial charge in [0.05, 0.1) is 11.4 Å². The minimum absolute atomic E-state index is 0.497. The Balaban J connectivity index is 2.10. The predicted molar refractivity (Wildman–Crippen MR) is 94.9 cm³/mol. The summed E-state index contributed by atoms with van der Waals surface area (Å²) in [6, 6.07) is 16.1. The van der Waals surface area contributed by atoms with Crippen LogP contribution in [0.5, 0.6) is 0 Å². The van der Waals surface area contributed by atoms with Crippen LogP contribution in [-0.2, 0) is 0 Å². The Bertz CT molecular complexity index is 809. The van der Waals surface area contributed by atoms with Crippen molar-refractivity contribution in [3.63, 3.8) is 0 Å². The van der Waals surface area contributed by atoms with Gasteiger partial charge in [0.2, 0.25) is 0 Å². The summed E-state index contributed by atoms with van der Waals surface area (Å²) in [5, 5.41) is 5.16. The van der Waals surface area contributed by atoms with Crippen molar-refractivity contribution in [1.29, 1.82) is 0 Å². The van der Waals surface area contributed by atoms with Crippen LogP contribution in [0.3, 0.4) is 0 Å². The lowest BCUT2D eigenvalue weighted by Crippen LogP contribution is -2.00. The van der Waals surface area contributed by atoms with E-state index in [2.05, 4.69) is 35.6 Å².